The molecule has 1 aromatic carbocycles. The number of hydrogen-bond donors (Lipinski definition) is 1. The SMILES string of the molecule is CC1=C(C=CC#Cc2ccccc2CCCCCC(=O)O)C(C)(C)CCC1. The molecule has 2 heteroatoms. The summed E-state index contributed by atoms with van der Waals surface area (Å²) in [6.07, 6.45) is 11.8. The summed E-state index contributed by atoms with van der Waals surface area (Å²) in [5.41, 5.74) is 5.51. The fourth-order valence-electron chi connectivity index (χ4n) is 3.88. The molecule has 0 unspecified atom stereocenters. The Labute approximate surface area is 164 Å². The summed E-state index contributed by atoms with van der Waals surface area (Å²) in [6, 6.07) is 8.27. The van der Waals surface area contributed by atoms with Crippen molar-refractivity contribution in [1.82, 2.24) is 0 Å². The topological polar surface area (TPSA) is 37.3 Å². The molecular weight excluding hydrogens is 332 g/mol. The second kappa shape index (κ2) is 10.2. The predicted octanol–water partition coefficient (Wildman–Crippen LogP) is 6.31. The molecule has 0 heterocycles. The van der Waals surface area contributed by atoms with E-state index in [-0.39, 0.29) is 11.8 Å². The summed E-state index contributed by atoms with van der Waals surface area (Å²) in [6.45, 7) is 6.89. The number of carboxylic acid groups (broad SMARTS) is 1. The molecule has 0 spiro atoms. The maximum atomic E-state index is 10.6. The minimum absolute atomic E-state index is 0.244. The van der Waals surface area contributed by atoms with Crippen molar-refractivity contribution < 1.29 is 9.90 Å². The average Bonchev–Trinajstić information content (AvgIpc) is 2.60. The van der Waals surface area contributed by atoms with Gasteiger partial charge in [-0.15, -0.1) is 0 Å². The predicted molar refractivity (Wildman–Crippen MR) is 113 cm³/mol. The van der Waals surface area contributed by atoms with Gasteiger partial charge in [-0.25, -0.2) is 0 Å². The van der Waals surface area contributed by atoms with E-state index in [9.17, 15) is 4.79 Å². The maximum absolute atomic E-state index is 10.6. The van der Waals surface area contributed by atoms with Gasteiger partial charge in [0.25, 0.3) is 0 Å². The van der Waals surface area contributed by atoms with Crippen molar-refractivity contribution in [3.05, 3.63) is 58.7 Å². The van der Waals surface area contributed by atoms with Crippen LogP contribution in [-0.2, 0) is 11.2 Å². The quantitative estimate of drug-likeness (QED) is 0.455. The largest absolute Gasteiger partial charge is 0.481 e. The van der Waals surface area contributed by atoms with Crippen LogP contribution in [0, 0.1) is 17.3 Å². The fraction of sp³-hybridized carbons (Fsp3) is 0.480. The Morgan fingerprint density at radius 1 is 1.22 bits per heavy atom. The van der Waals surface area contributed by atoms with Crippen LogP contribution in [-0.4, -0.2) is 11.1 Å². The molecule has 0 atom stereocenters. The molecule has 144 valence electrons. The molecule has 0 saturated carbocycles. The standard InChI is InChI=1S/C25H32O2/c1-20-12-11-19-25(2,3)23(20)17-10-9-16-22-15-8-7-14-21(22)13-5-4-6-18-24(26)27/h7-8,10,14-15,17H,4-6,11-13,18-19H2,1-3H3,(H,26,27). The van der Waals surface area contributed by atoms with E-state index in [2.05, 4.69) is 50.8 Å². The smallest absolute Gasteiger partial charge is 0.303 e. The fourth-order valence-corrected chi connectivity index (χ4v) is 3.88. The number of aryl methyl sites for hydroxylation is 1. The van der Waals surface area contributed by atoms with Gasteiger partial charge in [0, 0.05) is 12.0 Å². The number of carboxylic acids is 1. The van der Waals surface area contributed by atoms with Crippen molar-refractivity contribution in [2.45, 2.75) is 72.1 Å². The molecule has 0 radical (unpaired) electrons. The van der Waals surface area contributed by atoms with E-state index in [1.807, 2.05) is 18.2 Å². The van der Waals surface area contributed by atoms with Crippen LogP contribution in [0.5, 0.6) is 0 Å². The monoisotopic (exact) mass is 364 g/mol. The molecule has 0 aliphatic heterocycles. The Hall–Kier alpha value is -2.27. The molecule has 2 rings (SSSR count). The summed E-state index contributed by atoms with van der Waals surface area (Å²) in [4.78, 5) is 10.6. The maximum Gasteiger partial charge on any atom is 0.303 e. The summed E-state index contributed by atoms with van der Waals surface area (Å²) in [7, 11) is 0. The van der Waals surface area contributed by atoms with Crippen LogP contribution >= 0.6 is 0 Å². The first kappa shape index (κ1) is 21.0. The number of allylic oxidation sites excluding steroid dienone is 4. The number of rotatable bonds is 7. The molecule has 1 aliphatic carbocycles. The zero-order valence-electron chi connectivity index (χ0n) is 17.0. The van der Waals surface area contributed by atoms with E-state index in [1.165, 1.54) is 36.0 Å². The first-order chi connectivity index (χ1) is 12.9. The highest BCUT2D eigenvalue weighted by Crippen LogP contribution is 2.40. The molecule has 1 aliphatic rings. The van der Waals surface area contributed by atoms with E-state index >= 15 is 0 Å². The van der Waals surface area contributed by atoms with Crippen LogP contribution in [0.25, 0.3) is 0 Å². The van der Waals surface area contributed by atoms with Crippen LogP contribution in [0.15, 0.2) is 47.6 Å². The van der Waals surface area contributed by atoms with Gasteiger partial charge in [-0.1, -0.05) is 62.0 Å². The Morgan fingerprint density at radius 2 is 2.00 bits per heavy atom. The minimum Gasteiger partial charge on any atom is -0.481 e. The molecule has 0 amide bonds. The first-order valence-corrected chi connectivity index (χ1v) is 10.1. The van der Waals surface area contributed by atoms with E-state index in [0.717, 1.165) is 31.2 Å². The normalized spacial score (nSPS) is 16.3. The van der Waals surface area contributed by atoms with Gasteiger partial charge in [0.1, 0.15) is 0 Å². The van der Waals surface area contributed by atoms with Crippen molar-refractivity contribution in [3.8, 4) is 11.8 Å². The van der Waals surface area contributed by atoms with Gasteiger partial charge in [0.2, 0.25) is 0 Å². The van der Waals surface area contributed by atoms with Gasteiger partial charge in [-0.3, -0.25) is 4.79 Å². The number of aliphatic carboxylic acids is 1. The molecule has 0 aromatic heterocycles. The van der Waals surface area contributed by atoms with Gasteiger partial charge in [0.05, 0.1) is 0 Å². The van der Waals surface area contributed by atoms with Gasteiger partial charge >= 0.3 is 5.97 Å². The van der Waals surface area contributed by atoms with Gasteiger partial charge < -0.3 is 5.11 Å². The van der Waals surface area contributed by atoms with Crippen LogP contribution in [0.4, 0.5) is 0 Å². The molecule has 0 fully saturated rings. The number of unbranched alkanes of at least 4 members (excludes halogenated alkanes) is 2. The van der Waals surface area contributed by atoms with E-state index in [0.29, 0.717) is 0 Å². The lowest BCUT2D eigenvalue weighted by atomic mass is 9.73. The van der Waals surface area contributed by atoms with Crippen molar-refractivity contribution in [1.29, 1.82) is 0 Å². The van der Waals surface area contributed by atoms with E-state index in [1.54, 1.807) is 0 Å². The summed E-state index contributed by atoms with van der Waals surface area (Å²) < 4.78 is 0. The van der Waals surface area contributed by atoms with Crippen molar-refractivity contribution in [2.24, 2.45) is 5.41 Å². The molecule has 1 aromatic rings. The van der Waals surface area contributed by atoms with Crippen LogP contribution in [0.3, 0.4) is 0 Å². The minimum atomic E-state index is -0.709. The average molecular weight is 365 g/mol. The van der Waals surface area contributed by atoms with E-state index < -0.39 is 5.97 Å². The van der Waals surface area contributed by atoms with Crippen molar-refractivity contribution >= 4 is 5.97 Å². The molecule has 27 heavy (non-hydrogen) atoms. The second-order valence-electron chi connectivity index (χ2n) is 8.15. The number of hydrogen-bond acceptors (Lipinski definition) is 1. The lowest BCUT2D eigenvalue weighted by molar-refractivity contribution is -0.137. The van der Waals surface area contributed by atoms with E-state index in [4.69, 9.17) is 5.11 Å². The van der Waals surface area contributed by atoms with Gasteiger partial charge in [-0.2, -0.15) is 0 Å². The second-order valence-corrected chi connectivity index (χ2v) is 8.15. The zero-order chi connectivity index (χ0) is 19.7. The Balaban J connectivity index is 1.99. The Bertz CT molecular complexity index is 769. The summed E-state index contributed by atoms with van der Waals surface area (Å²) >= 11 is 0. The highest BCUT2D eigenvalue weighted by Gasteiger charge is 2.26. The summed E-state index contributed by atoms with van der Waals surface area (Å²) in [5.74, 6) is 5.81. The lowest BCUT2D eigenvalue weighted by Crippen LogP contribution is -2.18. The summed E-state index contributed by atoms with van der Waals surface area (Å²) in [5, 5.41) is 8.71. The highest BCUT2D eigenvalue weighted by molar-refractivity contribution is 5.66. The van der Waals surface area contributed by atoms with Crippen molar-refractivity contribution in [3.63, 3.8) is 0 Å². The number of benzene rings is 1. The Kier molecular flexibility index (Phi) is 7.92. The first-order valence-electron chi connectivity index (χ1n) is 10.1. The third kappa shape index (κ3) is 6.75. The van der Waals surface area contributed by atoms with Crippen LogP contribution in [0.2, 0.25) is 0 Å². The highest BCUT2D eigenvalue weighted by atomic mass is 16.4. The van der Waals surface area contributed by atoms with Gasteiger partial charge in [0.15, 0.2) is 0 Å². The van der Waals surface area contributed by atoms with Crippen molar-refractivity contribution in [2.75, 3.05) is 0 Å². The number of carbonyl (C=O) groups is 1. The van der Waals surface area contributed by atoms with Crippen LogP contribution < -0.4 is 0 Å². The zero-order valence-corrected chi connectivity index (χ0v) is 17.0. The lowest BCUT2D eigenvalue weighted by Gasteiger charge is -2.32. The molecule has 2 nitrogen and oxygen atoms in total. The third-order valence-electron chi connectivity index (χ3n) is 5.44. The van der Waals surface area contributed by atoms with Crippen LogP contribution in [0.1, 0.15) is 76.8 Å². The van der Waals surface area contributed by atoms with Gasteiger partial charge in [-0.05, 0) is 74.1 Å². The third-order valence-corrected chi connectivity index (χ3v) is 5.44. The molecule has 0 bridgehead atoms. The molecular formula is C25H32O2. The molecule has 1 N–H and O–H groups in total. The molecule has 0 saturated heterocycles. The Morgan fingerprint density at radius 3 is 2.74 bits per heavy atom.